The average Bonchev–Trinajstić information content (AvgIpc) is 2.12. The summed E-state index contributed by atoms with van der Waals surface area (Å²) in [6, 6.07) is 7.60. The van der Waals surface area contributed by atoms with Crippen molar-refractivity contribution in [3.63, 3.8) is 0 Å². The lowest BCUT2D eigenvalue weighted by Crippen LogP contribution is -2.31. The molecule has 3 heteroatoms. The molecule has 84 valence electrons. The number of hydrogen-bond donors (Lipinski definition) is 1. The van der Waals surface area contributed by atoms with Crippen molar-refractivity contribution >= 4 is 15.9 Å². The van der Waals surface area contributed by atoms with Gasteiger partial charge in [0.25, 0.3) is 0 Å². The third kappa shape index (κ3) is 4.22. The number of aliphatic hydroxyl groups is 1. The maximum atomic E-state index is 9.78. The molecule has 1 aromatic carbocycles. The molecule has 1 aromatic rings. The molecule has 0 aliphatic rings. The molecule has 0 saturated carbocycles. The molecule has 0 aliphatic carbocycles. The highest BCUT2D eigenvalue weighted by atomic mass is 79.9. The Hall–Kier alpha value is -0.540. The fourth-order valence-corrected chi connectivity index (χ4v) is 1.36. The lowest BCUT2D eigenvalue weighted by Gasteiger charge is -2.25. The first-order valence-corrected chi connectivity index (χ1v) is 5.75. The maximum absolute atomic E-state index is 9.78. The predicted molar refractivity (Wildman–Crippen MR) is 65.1 cm³/mol. The van der Waals surface area contributed by atoms with Crippen LogP contribution in [0.5, 0.6) is 5.75 Å². The van der Waals surface area contributed by atoms with Crippen molar-refractivity contribution in [1.29, 1.82) is 0 Å². The summed E-state index contributed by atoms with van der Waals surface area (Å²) in [4.78, 5) is 0. The molecule has 1 rings (SSSR count). The van der Waals surface area contributed by atoms with Crippen molar-refractivity contribution in [2.24, 2.45) is 5.41 Å². The van der Waals surface area contributed by atoms with Crippen LogP contribution in [0.3, 0.4) is 0 Å². The Morgan fingerprint density at radius 3 is 2.60 bits per heavy atom. The molecule has 0 saturated heterocycles. The number of rotatable bonds is 3. The second-order valence-corrected chi connectivity index (χ2v) is 5.57. The lowest BCUT2D eigenvalue weighted by atomic mass is 9.90. The van der Waals surface area contributed by atoms with Crippen LogP contribution in [0.2, 0.25) is 0 Å². The van der Waals surface area contributed by atoms with Crippen LogP contribution in [0.1, 0.15) is 20.8 Å². The molecule has 0 bridgehead atoms. The SMILES string of the molecule is CC(C)(C)C(O)COc1cccc(Br)c1. The van der Waals surface area contributed by atoms with E-state index in [1.807, 2.05) is 45.0 Å². The molecule has 0 fully saturated rings. The highest BCUT2D eigenvalue weighted by molar-refractivity contribution is 9.10. The summed E-state index contributed by atoms with van der Waals surface area (Å²) >= 11 is 3.37. The monoisotopic (exact) mass is 272 g/mol. The summed E-state index contributed by atoms with van der Waals surface area (Å²) < 4.78 is 6.47. The Morgan fingerprint density at radius 2 is 2.07 bits per heavy atom. The lowest BCUT2D eigenvalue weighted by molar-refractivity contribution is 0.0218. The van der Waals surface area contributed by atoms with Gasteiger partial charge in [-0.3, -0.25) is 0 Å². The second kappa shape index (κ2) is 4.99. The number of halogens is 1. The van der Waals surface area contributed by atoms with E-state index in [-0.39, 0.29) is 5.41 Å². The van der Waals surface area contributed by atoms with Gasteiger partial charge in [0.2, 0.25) is 0 Å². The van der Waals surface area contributed by atoms with Crippen LogP contribution >= 0.6 is 15.9 Å². The Balaban J connectivity index is 2.51. The number of ether oxygens (including phenoxy) is 1. The molecule has 0 heterocycles. The van der Waals surface area contributed by atoms with Gasteiger partial charge in [0.1, 0.15) is 12.4 Å². The number of benzene rings is 1. The zero-order valence-corrected chi connectivity index (χ0v) is 10.9. The van der Waals surface area contributed by atoms with Gasteiger partial charge in [-0.2, -0.15) is 0 Å². The molecule has 0 aliphatic heterocycles. The Morgan fingerprint density at radius 1 is 1.40 bits per heavy atom. The van der Waals surface area contributed by atoms with E-state index >= 15 is 0 Å². The molecule has 0 radical (unpaired) electrons. The minimum Gasteiger partial charge on any atom is -0.491 e. The van der Waals surface area contributed by atoms with Crippen LogP contribution in [0, 0.1) is 5.41 Å². The Bertz CT molecular complexity index is 318. The summed E-state index contributed by atoms with van der Waals surface area (Å²) in [5.74, 6) is 0.771. The zero-order valence-electron chi connectivity index (χ0n) is 9.33. The van der Waals surface area contributed by atoms with Crippen LogP contribution in [0.25, 0.3) is 0 Å². The molecule has 2 nitrogen and oxygen atoms in total. The van der Waals surface area contributed by atoms with E-state index in [0.29, 0.717) is 6.61 Å². The standard InChI is InChI=1S/C12H17BrO2/c1-12(2,3)11(14)8-15-10-6-4-5-9(13)7-10/h4-7,11,14H,8H2,1-3H3. The third-order valence-electron chi connectivity index (χ3n) is 2.20. The molecule has 1 N–H and O–H groups in total. The Labute approximate surface area is 99.4 Å². The molecular weight excluding hydrogens is 256 g/mol. The Kier molecular flexibility index (Phi) is 4.17. The minimum absolute atomic E-state index is 0.147. The van der Waals surface area contributed by atoms with Crippen LogP contribution in [-0.4, -0.2) is 17.8 Å². The fraction of sp³-hybridized carbons (Fsp3) is 0.500. The first-order chi connectivity index (χ1) is 6.89. The van der Waals surface area contributed by atoms with Gasteiger partial charge in [0.15, 0.2) is 0 Å². The molecule has 1 unspecified atom stereocenters. The molecular formula is C12H17BrO2. The summed E-state index contributed by atoms with van der Waals surface area (Å²) in [7, 11) is 0. The van der Waals surface area contributed by atoms with Crippen LogP contribution in [0.4, 0.5) is 0 Å². The zero-order chi connectivity index (χ0) is 11.5. The predicted octanol–water partition coefficient (Wildman–Crippen LogP) is 3.23. The summed E-state index contributed by atoms with van der Waals surface area (Å²) in [6.45, 7) is 6.28. The van der Waals surface area contributed by atoms with Gasteiger partial charge < -0.3 is 9.84 Å². The minimum atomic E-state index is -0.462. The molecule has 1 atom stereocenters. The summed E-state index contributed by atoms with van der Waals surface area (Å²) in [6.07, 6.45) is -0.462. The normalized spacial score (nSPS) is 13.7. The van der Waals surface area contributed by atoms with Crippen molar-refractivity contribution in [3.8, 4) is 5.75 Å². The fourth-order valence-electron chi connectivity index (χ4n) is 0.982. The van der Waals surface area contributed by atoms with Gasteiger partial charge in [0, 0.05) is 4.47 Å². The summed E-state index contributed by atoms with van der Waals surface area (Å²) in [5.41, 5.74) is -0.147. The molecule has 15 heavy (non-hydrogen) atoms. The van der Waals surface area contributed by atoms with Crippen molar-refractivity contribution in [1.82, 2.24) is 0 Å². The topological polar surface area (TPSA) is 29.5 Å². The number of hydrogen-bond acceptors (Lipinski definition) is 2. The molecule has 0 amide bonds. The van der Waals surface area contributed by atoms with E-state index in [9.17, 15) is 5.11 Å². The first-order valence-electron chi connectivity index (χ1n) is 4.96. The molecule has 0 aromatic heterocycles. The quantitative estimate of drug-likeness (QED) is 0.916. The van der Waals surface area contributed by atoms with Crippen LogP contribution < -0.4 is 4.74 Å². The van der Waals surface area contributed by atoms with E-state index in [1.54, 1.807) is 0 Å². The van der Waals surface area contributed by atoms with Crippen LogP contribution in [-0.2, 0) is 0 Å². The average molecular weight is 273 g/mol. The summed E-state index contributed by atoms with van der Waals surface area (Å²) in [5, 5.41) is 9.78. The van der Waals surface area contributed by atoms with E-state index in [2.05, 4.69) is 15.9 Å². The van der Waals surface area contributed by atoms with Gasteiger partial charge in [-0.25, -0.2) is 0 Å². The smallest absolute Gasteiger partial charge is 0.120 e. The van der Waals surface area contributed by atoms with E-state index < -0.39 is 6.10 Å². The van der Waals surface area contributed by atoms with E-state index in [0.717, 1.165) is 10.2 Å². The van der Waals surface area contributed by atoms with Crippen molar-refractivity contribution in [2.75, 3.05) is 6.61 Å². The first kappa shape index (κ1) is 12.5. The van der Waals surface area contributed by atoms with Gasteiger partial charge in [-0.1, -0.05) is 42.8 Å². The van der Waals surface area contributed by atoms with Crippen LogP contribution in [0.15, 0.2) is 28.7 Å². The second-order valence-electron chi connectivity index (χ2n) is 4.65. The van der Waals surface area contributed by atoms with E-state index in [1.165, 1.54) is 0 Å². The van der Waals surface area contributed by atoms with Crippen molar-refractivity contribution in [3.05, 3.63) is 28.7 Å². The highest BCUT2D eigenvalue weighted by Crippen LogP contribution is 2.22. The van der Waals surface area contributed by atoms with E-state index in [4.69, 9.17) is 4.74 Å². The largest absolute Gasteiger partial charge is 0.491 e. The number of aliphatic hydroxyl groups excluding tert-OH is 1. The van der Waals surface area contributed by atoms with Gasteiger partial charge in [-0.05, 0) is 23.6 Å². The maximum Gasteiger partial charge on any atom is 0.120 e. The van der Waals surface area contributed by atoms with Crippen molar-refractivity contribution < 1.29 is 9.84 Å². The van der Waals surface area contributed by atoms with Gasteiger partial charge in [-0.15, -0.1) is 0 Å². The highest BCUT2D eigenvalue weighted by Gasteiger charge is 2.22. The van der Waals surface area contributed by atoms with Crippen molar-refractivity contribution in [2.45, 2.75) is 26.9 Å². The van der Waals surface area contributed by atoms with Gasteiger partial charge in [0.05, 0.1) is 6.10 Å². The third-order valence-corrected chi connectivity index (χ3v) is 2.70. The molecule has 0 spiro atoms. The van der Waals surface area contributed by atoms with Gasteiger partial charge >= 0.3 is 0 Å².